The lowest BCUT2D eigenvalue weighted by Crippen LogP contribution is -2.17. The normalized spacial score (nSPS) is 11.5. The summed E-state index contributed by atoms with van der Waals surface area (Å²) in [6.45, 7) is 0. The second kappa shape index (κ2) is 6.40. The van der Waals surface area contributed by atoms with Crippen molar-refractivity contribution in [1.29, 1.82) is 0 Å². The molecule has 1 aromatic carbocycles. The van der Waals surface area contributed by atoms with E-state index in [9.17, 15) is 13.6 Å². The minimum absolute atomic E-state index is 0. The van der Waals surface area contributed by atoms with Crippen LogP contribution in [-0.2, 0) is 9.53 Å². The maximum absolute atomic E-state index is 13.2. The van der Waals surface area contributed by atoms with Crippen LogP contribution in [0.1, 0.15) is 18.0 Å². The highest BCUT2D eigenvalue weighted by molar-refractivity contribution is 5.85. The first-order valence-corrected chi connectivity index (χ1v) is 4.32. The Morgan fingerprint density at radius 1 is 1.50 bits per heavy atom. The van der Waals surface area contributed by atoms with E-state index in [0.717, 1.165) is 12.1 Å². The summed E-state index contributed by atoms with van der Waals surface area (Å²) in [5.41, 5.74) is 5.66. The van der Waals surface area contributed by atoms with Gasteiger partial charge in [0.15, 0.2) is 0 Å². The van der Waals surface area contributed by atoms with E-state index in [1.807, 2.05) is 0 Å². The number of hydrogen-bond acceptors (Lipinski definition) is 3. The molecule has 0 aliphatic carbocycles. The molecule has 16 heavy (non-hydrogen) atoms. The first-order valence-electron chi connectivity index (χ1n) is 4.32. The molecule has 0 saturated carbocycles. The summed E-state index contributed by atoms with van der Waals surface area (Å²) in [5, 5.41) is 0. The fourth-order valence-corrected chi connectivity index (χ4v) is 1.18. The molecular formula is C10H12ClF2NO2. The maximum atomic E-state index is 13.2. The minimum atomic E-state index is -0.821. The Balaban J connectivity index is 0.00000225. The van der Waals surface area contributed by atoms with Crippen molar-refractivity contribution in [2.45, 2.75) is 12.5 Å². The molecular weight excluding hydrogens is 240 g/mol. The average molecular weight is 252 g/mol. The molecule has 0 aliphatic heterocycles. The molecule has 2 N–H and O–H groups in total. The Morgan fingerprint density at radius 3 is 2.62 bits per heavy atom. The van der Waals surface area contributed by atoms with Gasteiger partial charge < -0.3 is 10.5 Å². The van der Waals surface area contributed by atoms with Gasteiger partial charge in [-0.3, -0.25) is 4.79 Å². The van der Waals surface area contributed by atoms with Crippen molar-refractivity contribution in [3.63, 3.8) is 0 Å². The number of ether oxygens (including phenoxy) is 1. The third-order valence-corrected chi connectivity index (χ3v) is 1.98. The molecule has 0 amide bonds. The number of esters is 1. The van der Waals surface area contributed by atoms with Crippen LogP contribution in [0, 0.1) is 11.6 Å². The summed E-state index contributed by atoms with van der Waals surface area (Å²) >= 11 is 0. The molecule has 0 aromatic heterocycles. The number of carbonyl (C=O) groups excluding carboxylic acids is 1. The van der Waals surface area contributed by atoms with Crippen molar-refractivity contribution >= 4 is 18.4 Å². The van der Waals surface area contributed by atoms with Crippen LogP contribution in [0.3, 0.4) is 0 Å². The van der Waals surface area contributed by atoms with Crippen molar-refractivity contribution in [2.75, 3.05) is 7.11 Å². The zero-order chi connectivity index (χ0) is 11.4. The van der Waals surface area contributed by atoms with E-state index in [1.165, 1.54) is 13.2 Å². The van der Waals surface area contributed by atoms with Crippen LogP contribution in [0.4, 0.5) is 8.78 Å². The van der Waals surface area contributed by atoms with Gasteiger partial charge in [-0.25, -0.2) is 8.78 Å². The molecule has 0 saturated heterocycles. The highest BCUT2D eigenvalue weighted by atomic mass is 35.5. The first-order chi connectivity index (χ1) is 7.04. The van der Waals surface area contributed by atoms with E-state index in [0.29, 0.717) is 0 Å². The molecule has 0 spiro atoms. The largest absolute Gasteiger partial charge is 0.469 e. The molecule has 1 atom stereocenters. The average Bonchev–Trinajstić information content (AvgIpc) is 2.17. The molecule has 90 valence electrons. The molecule has 6 heteroatoms. The molecule has 1 rings (SSSR count). The van der Waals surface area contributed by atoms with Crippen molar-refractivity contribution in [1.82, 2.24) is 0 Å². The van der Waals surface area contributed by atoms with Crippen LogP contribution in [0.5, 0.6) is 0 Å². The predicted octanol–water partition coefficient (Wildman–Crippen LogP) is 1.95. The zero-order valence-electron chi connectivity index (χ0n) is 8.57. The van der Waals surface area contributed by atoms with E-state index in [4.69, 9.17) is 5.73 Å². The van der Waals surface area contributed by atoms with Gasteiger partial charge in [-0.2, -0.15) is 0 Å². The smallest absolute Gasteiger partial charge is 0.307 e. The number of benzene rings is 1. The molecule has 1 aromatic rings. The van der Waals surface area contributed by atoms with Crippen molar-refractivity contribution in [2.24, 2.45) is 5.73 Å². The lowest BCUT2D eigenvalue weighted by Gasteiger charge is -2.11. The minimum Gasteiger partial charge on any atom is -0.469 e. The molecule has 3 nitrogen and oxygen atoms in total. The van der Waals surface area contributed by atoms with Crippen LogP contribution in [0.2, 0.25) is 0 Å². The number of halogens is 3. The van der Waals surface area contributed by atoms with Gasteiger partial charge in [0.05, 0.1) is 13.5 Å². The molecule has 0 heterocycles. The summed E-state index contributed by atoms with van der Waals surface area (Å²) in [7, 11) is 1.22. The predicted molar refractivity (Wildman–Crippen MR) is 57.2 cm³/mol. The quantitative estimate of drug-likeness (QED) is 0.836. The van der Waals surface area contributed by atoms with Gasteiger partial charge in [0.25, 0.3) is 0 Å². The van der Waals surface area contributed by atoms with E-state index < -0.39 is 23.6 Å². The standard InChI is InChI=1S/C10H11F2NO2.ClH/c1-15-10(14)5-9(13)7-3-2-6(11)4-8(7)12;/h2-4,9H,5,13H2,1H3;1H/t9-;/m0./s1. The van der Waals surface area contributed by atoms with Gasteiger partial charge in [-0.05, 0) is 6.07 Å². The number of carbonyl (C=O) groups is 1. The second-order valence-corrected chi connectivity index (χ2v) is 3.05. The SMILES string of the molecule is COC(=O)C[C@H](N)c1ccc(F)cc1F.Cl. The van der Waals surface area contributed by atoms with Gasteiger partial charge in [-0.15, -0.1) is 12.4 Å². The summed E-state index contributed by atoms with van der Waals surface area (Å²) in [5.74, 6) is -1.97. The Labute approximate surface area is 98.0 Å². The fraction of sp³-hybridized carbons (Fsp3) is 0.300. The fourth-order valence-electron chi connectivity index (χ4n) is 1.18. The second-order valence-electron chi connectivity index (χ2n) is 3.05. The Kier molecular flexibility index (Phi) is 5.92. The van der Waals surface area contributed by atoms with Gasteiger partial charge in [0.2, 0.25) is 0 Å². The van der Waals surface area contributed by atoms with Crippen LogP contribution in [0.15, 0.2) is 18.2 Å². The van der Waals surface area contributed by atoms with Gasteiger partial charge in [-0.1, -0.05) is 6.07 Å². The van der Waals surface area contributed by atoms with Gasteiger partial charge in [0.1, 0.15) is 11.6 Å². The first kappa shape index (κ1) is 14.8. The maximum Gasteiger partial charge on any atom is 0.307 e. The Hall–Kier alpha value is -1.20. The topological polar surface area (TPSA) is 52.3 Å². The number of methoxy groups -OCH3 is 1. The summed E-state index contributed by atoms with van der Waals surface area (Å²) in [6, 6.07) is 2.22. The Morgan fingerprint density at radius 2 is 2.12 bits per heavy atom. The van der Waals surface area contributed by atoms with Crippen LogP contribution in [-0.4, -0.2) is 13.1 Å². The third kappa shape index (κ3) is 3.75. The van der Waals surface area contributed by atoms with Crippen LogP contribution >= 0.6 is 12.4 Å². The molecule has 0 aliphatic rings. The number of nitrogens with two attached hydrogens (primary N) is 1. The number of hydrogen-bond donors (Lipinski definition) is 1. The van der Waals surface area contributed by atoms with Crippen molar-refractivity contribution in [3.05, 3.63) is 35.4 Å². The summed E-state index contributed by atoms with van der Waals surface area (Å²) < 4.78 is 30.1. The van der Waals surface area contributed by atoms with E-state index in [-0.39, 0.29) is 24.4 Å². The molecule has 0 fully saturated rings. The number of rotatable bonds is 3. The zero-order valence-corrected chi connectivity index (χ0v) is 9.39. The van der Waals surface area contributed by atoms with Crippen LogP contribution < -0.4 is 5.73 Å². The van der Waals surface area contributed by atoms with Crippen molar-refractivity contribution < 1.29 is 18.3 Å². The molecule has 0 radical (unpaired) electrons. The lowest BCUT2D eigenvalue weighted by atomic mass is 10.0. The van der Waals surface area contributed by atoms with E-state index in [1.54, 1.807) is 0 Å². The molecule has 0 bridgehead atoms. The van der Waals surface area contributed by atoms with E-state index >= 15 is 0 Å². The van der Waals surface area contributed by atoms with Gasteiger partial charge >= 0.3 is 5.97 Å². The van der Waals surface area contributed by atoms with Crippen molar-refractivity contribution in [3.8, 4) is 0 Å². The highest BCUT2D eigenvalue weighted by Gasteiger charge is 2.15. The lowest BCUT2D eigenvalue weighted by molar-refractivity contribution is -0.141. The summed E-state index contributed by atoms with van der Waals surface area (Å²) in [4.78, 5) is 10.9. The summed E-state index contributed by atoms with van der Waals surface area (Å²) in [6.07, 6.45) is -0.140. The Bertz CT molecular complexity index is 374. The highest BCUT2D eigenvalue weighted by Crippen LogP contribution is 2.18. The third-order valence-electron chi connectivity index (χ3n) is 1.98. The van der Waals surface area contributed by atoms with Gasteiger partial charge in [0, 0.05) is 17.7 Å². The van der Waals surface area contributed by atoms with Crippen LogP contribution in [0.25, 0.3) is 0 Å². The molecule has 0 unspecified atom stereocenters. The van der Waals surface area contributed by atoms with E-state index in [2.05, 4.69) is 4.74 Å². The monoisotopic (exact) mass is 251 g/mol.